The highest BCUT2D eigenvalue weighted by atomic mass is 19.3. The maximum Gasteiger partial charge on any atom is 0.270 e. The van der Waals surface area contributed by atoms with E-state index in [9.17, 15) is 24.0 Å². The van der Waals surface area contributed by atoms with Crippen molar-refractivity contribution in [3.8, 4) is 22.3 Å². The van der Waals surface area contributed by atoms with Crippen LogP contribution in [0, 0.1) is 6.92 Å². The number of alkyl halides is 2. The summed E-state index contributed by atoms with van der Waals surface area (Å²) in [6, 6.07) is 19.3. The van der Waals surface area contributed by atoms with E-state index in [0.29, 0.717) is 64.0 Å². The van der Waals surface area contributed by atoms with Gasteiger partial charge in [0.2, 0.25) is 11.8 Å². The minimum absolute atomic E-state index is 0.0698. The van der Waals surface area contributed by atoms with Gasteiger partial charge in [-0.2, -0.15) is 0 Å². The number of amides is 3. The van der Waals surface area contributed by atoms with Crippen LogP contribution in [0.2, 0.25) is 0 Å². The van der Waals surface area contributed by atoms with E-state index in [-0.39, 0.29) is 48.1 Å². The van der Waals surface area contributed by atoms with Crippen molar-refractivity contribution in [3.05, 3.63) is 140 Å². The zero-order valence-electron chi connectivity index (χ0n) is 36.2. The van der Waals surface area contributed by atoms with Crippen molar-refractivity contribution < 1.29 is 28.0 Å². The van der Waals surface area contributed by atoms with Gasteiger partial charge in [0.15, 0.2) is 0 Å². The fourth-order valence-corrected chi connectivity index (χ4v) is 9.06. The van der Waals surface area contributed by atoms with E-state index >= 15 is 8.78 Å². The summed E-state index contributed by atoms with van der Waals surface area (Å²) in [4.78, 5) is 75.6. The van der Waals surface area contributed by atoms with Crippen molar-refractivity contribution in [2.45, 2.75) is 77.9 Å². The Hall–Kier alpha value is -6.93. The maximum absolute atomic E-state index is 15.0. The van der Waals surface area contributed by atoms with E-state index in [4.69, 9.17) is 0 Å². The molecule has 0 bridgehead atoms. The lowest BCUT2D eigenvalue weighted by Crippen LogP contribution is -2.51. The molecule has 1 saturated heterocycles. The molecule has 0 spiro atoms. The molecule has 8 rings (SSSR count). The van der Waals surface area contributed by atoms with E-state index in [0.717, 1.165) is 58.8 Å². The van der Waals surface area contributed by atoms with Gasteiger partial charge in [-0.05, 0) is 115 Å². The molecule has 14 heteroatoms. The standard InChI is InChI=1S/C50H49F2N7O5/c1-5-8-30-19-44-39(17-29(2)50(64)58(44)4)45(20-30)59-16-7-10-32-21-37(38(47(51)52)22-43(32)59)33-12-13-41(54-26-33)48(62)55-24-31-18-35(25-53-23-31)36-11-6-9-34(28-60)40(36)27-57(3)42-14-15-46(61)56-49(42)63/h6,9,11-13,17-23,25-26,28,42,47H,5,7-8,10,14-16,24,27H2,1-4H3,(H,55,62)(H,56,61,63). The van der Waals surface area contributed by atoms with E-state index in [1.54, 1.807) is 62.2 Å². The number of carbonyl (C=O) groups excluding carboxylic acids is 4. The summed E-state index contributed by atoms with van der Waals surface area (Å²) in [6.07, 6.45) is 6.53. The van der Waals surface area contributed by atoms with E-state index in [1.807, 2.05) is 29.2 Å². The Kier molecular flexibility index (Phi) is 12.6. The van der Waals surface area contributed by atoms with E-state index < -0.39 is 18.4 Å². The van der Waals surface area contributed by atoms with Crippen molar-refractivity contribution >= 4 is 46.3 Å². The Bertz CT molecular complexity index is 2880. The largest absolute Gasteiger partial charge is 0.347 e. The molecule has 0 radical (unpaired) electrons. The highest BCUT2D eigenvalue weighted by molar-refractivity contribution is 6.00. The molecule has 3 amide bonds. The maximum atomic E-state index is 15.0. The van der Waals surface area contributed by atoms with Gasteiger partial charge in [0, 0.05) is 90.6 Å². The predicted molar refractivity (Wildman–Crippen MR) is 242 cm³/mol. The minimum atomic E-state index is -2.79. The lowest BCUT2D eigenvalue weighted by atomic mass is 9.91. The average Bonchev–Trinajstić information content (AvgIpc) is 3.29. The van der Waals surface area contributed by atoms with Gasteiger partial charge in [0.05, 0.1) is 17.2 Å². The lowest BCUT2D eigenvalue weighted by molar-refractivity contribution is -0.137. The van der Waals surface area contributed by atoms with Crippen LogP contribution < -0.4 is 21.1 Å². The highest BCUT2D eigenvalue weighted by Crippen LogP contribution is 2.43. The Morgan fingerprint density at radius 1 is 0.969 bits per heavy atom. The summed E-state index contributed by atoms with van der Waals surface area (Å²) < 4.78 is 31.7. The molecule has 5 heterocycles. The van der Waals surface area contributed by atoms with Crippen molar-refractivity contribution in [2.75, 3.05) is 18.5 Å². The number of likely N-dealkylation sites (N-methyl/N-ethyl adjacent to an activating group) is 1. The van der Waals surface area contributed by atoms with Crippen LogP contribution in [0.5, 0.6) is 0 Å². The lowest BCUT2D eigenvalue weighted by Gasteiger charge is -2.34. The Labute approximate surface area is 369 Å². The van der Waals surface area contributed by atoms with Crippen LogP contribution in [0.1, 0.15) is 93.3 Å². The number of piperidine rings is 1. The molecule has 0 aliphatic carbocycles. The van der Waals surface area contributed by atoms with Crippen molar-refractivity contribution in [1.29, 1.82) is 0 Å². The van der Waals surface area contributed by atoms with Crippen LogP contribution in [0.3, 0.4) is 0 Å². The van der Waals surface area contributed by atoms with Crippen LogP contribution >= 0.6 is 0 Å². The van der Waals surface area contributed by atoms with Gasteiger partial charge in [-0.15, -0.1) is 0 Å². The number of pyridine rings is 3. The van der Waals surface area contributed by atoms with E-state index in [1.165, 1.54) is 12.3 Å². The smallest absolute Gasteiger partial charge is 0.270 e. The van der Waals surface area contributed by atoms with Crippen LogP contribution in [-0.4, -0.2) is 63.1 Å². The second-order valence-electron chi connectivity index (χ2n) is 16.7. The van der Waals surface area contributed by atoms with Crippen molar-refractivity contribution in [2.24, 2.45) is 7.05 Å². The van der Waals surface area contributed by atoms with Gasteiger partial charge in [0.25, 0.3) is 17.9 Å². The number of halogens is 2. The molecule has 1 unspecified atom stereocenters. The quantitative estimate of drug-likeness (QED) is 0.0873. The molecule has 1 atom stereocenters. The monoisotopic (exact) mass is 865 g/mol. The minimum Gasteiger partial charge on any atom is -0.347 e. The molecule has 0 saturated carbocycles. The first-order valence-electron chi connectivity index (χ1n) is 21.5. The molecule has 64 heavy (non-hydrogen) atoms. The number of fused-ring (bicyclic) bond motifs is 2. The number of benzene rings is 3. The van der Waals surface area contributed by atoms with Gasteiger partial charge in [-0.3, -0.25) is 44.2 Å². The van der Waals surface area contributed by atoms with Crippen molar-refractivity contribution in [1.82, 2.24) is 30.1 Å². The first-order chi connectivity index (χ1) is 30.8. The van der Waals surface area contributed by atoms with Gasteiger partial charge < -0.3 is 14.8 Å². The van der Waals surface area contributed by atoms with Gasteiger partial charge in [-0.1, -0.05) is 37.6 Å². The fraction of sp³-hybridized carbons (Fsp3) is 0.300. The second-order valence-corrected chi connectivity index (χ2v) is 16.7. The Morgan fingerprint density at radius 3 is 2.53 bits per heavy atom. The number of rotatable bonds is 13. The van der Waals surface area contributed by atoms with E-state index in [2.05, 4.69) is 44.6 Å². The molecule has 6 aromatic rings. The molecule has 2 N–H and O–H groups in total. The first-order valence-corrected chi connectivity index (χ1v) is 21.5. The van der Waals surface area contributed by atoms with Crippen LogP contribution in [0.15, 0.2) is 90.1 Å². The topological polar surface area (TPSA) is 147 Å². The second kappa shape index (κ2) is 18.4. The van der Waals surface area contributed by atoms with Gasteiger partial charge in [0.1, 0.15) is 12.0 Å². The van der Waals surface area contributed by atoms with Crippen LogP contribution in [0.4, 0.5) is 20.2 Å². The number of anilines is 2. The zero-order chi connectivity index (χ0) is 45.2. The number of aromatic nitrogens is 3. The highest BCUT2D eigenvalue weighted by Gasteiger charge is 2.31. The third kappa shape index (κ3) is 8.70. The molecule has 3 aromatic heterocycles. The summed E-state index contributed by atoms with van der Waals surface area (Å²) in [5.74, 6) is -1.15. The van der Waals surface area contributed by atoms with Gasteiger partial charge >= 0.3 is 0 Å². The SMILES string of the molecule is CCCc1cc(N2CCCc3cc(-c4ccc(C(=O)NCc5cncc(-c6cccc(C=O)c6CN(C)C6CCC(=O)NC6=O)c5)nc4)c(C(F)F)cc32)c2cc(C)c(=O)n(C)c2c1. The number of nitrogens with zero attached hydrogens (tertiary/aromatic N) is 5. The summed E-state index contributed by atoms with van der Waals surface area (Å²) in [6.45, 7) is 4.88. The number of hydrogen-bond acceptors (Lipinski definition) is 9. The number of carbonyl (C=O) groups is 4. The Morgan fingerprint density at radius 2 is 1.80 bits per heavy atom. The van der Waals surface area contributed by atoms with Crippen LogP contribution in [0.25, 0.3) is 33.2 Å². The third-order valence-corrected chi connectivity index (χ3v) is 12.3. The van der Waals surface area contributed by atoms with Crippen LogP contribution in [-0.2, 0) is 42.6 Å². The average molecular weight is 866 g/mol. The molecular weight excluding hydrogens is 817 g/mol. The number of aryl methyl sites for hydroxylation is 4. The number of imide groups is 1. The molecule has 12 nitrogen and oxygen atoms in total. The number of nitrogens with one attached hydrogen (secondary N) is 2. The molecule has 328 valence electrons. The number of aldehydes is 1. The Balaban J connectivity index is 1.01. The summed E-state index contributed by atoms with van der Waals surface area (Å²) in [5.41, 5.74) is 8.98. The predicted octanol–water partition coefficient (Wildman–Crippen LogP) is 7.92. The molecule has 3 aromatic carbocycles. The molecule has 1 fully saturated rings. The van der Waals surface area contributed by atoms with Crippen molar-refractivity contribution in [3.63, 3.8) is 0 Å². The zero-order valence-corrected chi connectivity index (χ0v) is 36.2. The summed E-state index contributed by atoms with van der Waals surface area (Å²) in [5, 5.41) is 6.15. The number of hydrogen-bond donors (Lipinski definition) is 2. The summed E-state index contributed by atoms with van der Waals surface area (Å²) >= 11 is 0. The normalized spacial score (nSPS) is 15.1. The molecule has 2 aliphatic rings. The first kappa shape index (κ1) is 43.7. The molecule has 2 aliphatic heterocycles. The molecular formula is C50H49F2N7O5. The third-order valence-electron chi connectivity index (χ3n) is 12.3. The fourth-order valence-electron chi connectivity index (χ4n) is 9.06. The summed E-state index contributed by atoms with van der Waals surface area (Å²) in [7, 11) is 3.55. The van der Waals surface area contributed by atoms with Gasteiger partial charge in [-0.25, -0.2) is 8.78 Å².